The number of carbonyl (C=O) groups excluding carboxylic acids is 2. The first-order valence-corrected chi connectivity index (χ1v) is 9.43. The van der Waals surface area contributed by atoms with Gasteiger partial charge in [0.05, 0.1) is 18.2 Å². The summed E-state index contributed by atoms with van der Waals surface area (Å²) in [6, 6.07) is 4.91. The van der Waals surface area contributed by atoms with E-state index in [1.165, 1.54) is 23.5 Å². The van der Waals surface area contributed by atoms with Gasteiger partial charge in [-0.25, -0.2) is 14.0 Å². The van der Waals surface area contributed by atoms with E-state index >= 15 is 0 Å². The lowest BCUT2D eigenvalue weighted by Gasteiger charge is -2.37. The number of ether oxygens (including phenoxy) is 1. The van der Waals surface area contributed by atoms with E-state index in [-0.39, 0.29) is 12.6 Å². The van der Waals surface area contributed by atoms with Crippen molar-refractivity contribution in [2.75, 3.05) is 33.3 Å². The molecule has 1 aromatic carbocycles. The molecule has 27 heavy (non-hydrogen) atoms. The number of urea groups is 1. The van der Waals surface area contributed by atoms with E-state index in [1.807, 2.05) is 0 Å². The summed E-state index contributed by atoms with van der Waals surface area (Å²) in [5, 5.41) is 2.81. The van der Waals surface area contributed by atoms with E-state index in [0.717, 1.165) is 25.9 Å². The molecule has 1 saturated heterocycles. The highest BCUT2D eigenvalue weighted by Crippen LogP contribution is 2.32. The predicted octanol–water partition coefficient (Wildman–Crippen LogP) is 2.82. The van der Waals surface area contributed by atoms with E-state index in [2.05, 4.69) is 10.2 Å². The highest BCUT2D eigenvalue weighted by atomic mass is 19.1. The Morgan fingerprint density at radius 2 is 2.04 bits per heavy atom. The van der Waals surface area contributed by atoms with Gasteiger partial charge in [-0.2, -0.15) is 0 Å². The Balaban J connectivity index is 2.04. The number of benzene rings is 1. The van der Waals surface area contributed by atoms with Crippen molar-refractivity contribution in [3.8, 4) is 0 Å². The number of likely N-dealkylation sites (tertiary alicyclic amines) is 1. The van der Waals surface area contributed by atoms with Crippen LogP contribution < -0.4 is 5.32 Å². The van der Waals surface area contributed by atoms with Crippen LogP contribution in [0.3, 0.4) is 0 Å². The first-order chi connectivity index (χ1) is 13.0. The monoisotopic (exact) mass is 375 g/mol. The molecule has 2 aliphatic rings. The van der Waals surface area contributed by atoms with Crippen LogP contribution in [0.1, 0.15) is 37.8 Å². The van der Waals surface area contributed by atoms with Gasteiger partial charge in [0.2, 0.25) is 0 Å². The maximum absolute atomic E-state index is 13.8. The molecule has 2 aliphatic heterocycles. The fourth-order valence-corrected chi connectivity index (χ4v) is 3.66. The second kappa shape index (κ2) is 8.52. The van der Waals surface area contributed by atoms with Gasteiger partial charge in [0.25, 0.3) is 0 Å². The fourth-order valence-electron chi connectivity index (χ4n) is 3.66. The highest BCUT2D eigenvalue weighted by Gasteiger charge is 2.37. The zero-order chi connectivity index (χ0) is 19.4. The number of piperidine rings is 1. The molecule has 3 rings (SSSR count). The van der Waals surface area contributed by atoms with Gasteiger partial charge < -0.3 is 10.1 Å². The number of hydrogen-bond acceptors (Lipinski definition) is 4. The van der Waals surface area contributed by atoms with Crippen LogP contribution in [0.25, 0.3) is 0 Å². The molecule has 1 fully saturated rings. The first kappa shape index (κ1) is 19.4. The molecule has 0 aliphatic carbocycles. The van der Waals surface area contributed by atoms with Crippen molar-refractivity contribution in [3.05, 3.63) is 46.9 Å². The van der Waals surface area contributed by atoms with Crippen molar-refractivity contribution in [2.24, 2.45) is 0 Å². The molecule has 2 amide bonds. The van der Waals surface area contributed by atoms with Gasteiger partial charge in [-0.05, 0) is 50.6 Å². The third-order valence-corrected chi connectivity index (χ3v) is 5.08. The van der Waals surface area contributed by atoms with Crippen LogP contribution in [-0.4, -0.2) is 55.1 Å². The molecule has 2 heterocycles. The molecular formula is C20H26FN3O3. The number of nitrogens with one attached hydrogen (secondary N) is 1. The maximum atomic E-state index is 13.8. The van der Waals surface area contributed by atoms with Gasteiger partial charge >= 0.3 is 12.0 Å². The van der Waals surface area contributed by atoms with Crippen molar-refractivity contribution in [3.63, 3.8) is 0 Å². The summed E-state index contributed by atoms with van der Waals surface area (Å²) in [4.78, 5) is 29.1. The second-order valence-electron chi connectivity index (χ2n) is 6.91. The minimum Gasteiger partial charge on any atom is -0.463 e. The quantitative estimate of drug-likeness (QED) is 0.804. The van der Waals surface area contributed by atoms with Crippen LogP contribution in [-0.2, 0) is 9.53 Å². The van der Waals surface area contributed by atoms with Gasteiger partial charge in [0.1, 0.15) is 5.82 Å². The lowest BCUT2D eigenvalue weighted by atomic mass is 9.94. The lowest BCUT2D eigenvalue weighted by Crippen LogP contribution is -2.49. The molecule has 0 aromatic heterocycles. The van der Waals surface area contributed by atoms with E-state index in [9.17, 15) is 14.0 Å². The summed E-state index contributed by atoms with van der Waals surface area (Å²) in [5.41, 5.74) is 1.51. The molecule has 1 N–H and O–H groups in total. The number of amides is 2. The summed E-state index contributed by atoms with van der Waals surface area (Å²) >= 11 is 0. The Kier molecular flexibility index (Phi) is 6.11. The molecular weight excluding hydrogens is 349 g/mol. The van der Waals surface area contributed by atoms with Gasteiger partial charge in [0, 0.05) is 19.3 Å². The van der Waals surface area contributed by atoms with Crippen LogP contribution in [0.4, 0.5) is 9.18 Å². The summed E-state index contributed by atoms with van der Waals surface area (Å²) in [7, 11) is 1.65. The van der Waals surface area contributed by atoms with E-state index in [0.29, 0.717) is 23.4 Å². The molecule has 1 aromatic rings. The number of likely N-dealkylation sites (N-methyl/N-ethyl adjacent to an activating group) is 1. The van der Waals surface area contributed by atoms with Crippen molar-refractivity contribution in [1.29, 1.82) is 0 Å². The first-order valence-electron chi connectivity index (χ1n) is 9.43. The van der Waals surface area contributed by atoms with Gasteiger partial charge in [0.15, 0.2) is 0 Å². The molecule has 0 bridgehead atoms. The Morgan fingerprint density at radius 1 is 1.30 bits per heavy atom. The molecule has 6 nitrogen and oxygen atoms in total. The van der Waals surface area contributed by atoms with Crippen molar-refractivity contribution < 1.29 is 18.7 Å². The lowest BCUT2D eigenvalue weighted by molar-refractivity contribution is -0.139. The number of carbonyl (C=O) groups is 2. The van der Waals surface area contributed by atoms with E-state index < -0.39 is 17.8 Å². The maximum Gasteiger partial charge on any atom is 0.338 e. The van der Waals surface area contributed by atoms with E-state index in [1.54, 1.807) is 26.1 Å². The summed E-state index contributed by atoms with van der Waals surface area (Å²) in [6.45, 7) is 4.32. The van der Waals surface area contributed by atoms with Gasteiger partial charge in [-0.1, -0.05) is 18.6 Å². The van der Waals surface area contributed by atoms with Crippen molar-refractivity contribution in [2.45, 2.75) is 32.2 Å². The SMILES string of the molecule is CCOC(=O)C1=C(CN2CCCCC2)N(C)C(=O)N[C@H]1c1cccc(F)c1. The second-order valence-corrected chi connectivity index (χ2v) is 6.91. The Labute approximate surface area is 159 Å². The largest absolute Gasteiger partial charge is 0.463 e. The number of nitrogens with zero attached hydrogens (tertiary/aromatic N) is 2. The Hall–Kier alpha value is -2.41. The zero-order valence-corrected chi connectivity index (χ0v) is 15.8. The minimum absolute atomic E-state index is 0.229. The Morgan fingerprint density at radius 3 is 2.70 bits per heavy atom. The van der Waals surface area contributed by atoms with Crippen LogP contribution >= 0.6 is 0 Å². The molecule has 0 spiro atoms. The van der Waals surface area contributed by atoms with Crippen LogP contribution in [0.15, 0.2) is 35.5 Å². The average molecular weight is 375 g/mol. The van der Waals surface area contributed by atoms with Crippen molar-refractivity contribution >= 4 is 12.0 Å². The number of halogens is 1. The minimum atomic E-state index is -0.733. The fraction of sp³-hybridized carbons (Fsp3) is 0.500. The topological polar surface area (TPSA) is 61.9 Å². The third kappa shape index (κ3) is 4.30. The number of esters is 1. The molecule has 7 heteroatoms. The molecule has 146 valence electrons. The predicted molar refractivity (Wildman–Crippen MR) is 99.4 cm³/mol. The summed E-state index contributed by atoms with van der Waals surface area (Å²) < 4.78 is 19.1. The standard InChI is InChI=1S/C20H26FN3O3/c1-3-27-19(25)17-16(13-24-10-5-4-6-11-24)23(2)20(26)22-18(17)14-8-7-9-15(21)12-14/h7-9,12,18H,3-6,10-11,13H2,1-2H3,(H,22,26)/t18-/m0/s1. The van der Waals surface area contributed by atoms with Gasteiger partial charge in [-0.15, -0.1) is 0 Å². The summed E-state index contributed by atoms with van der Waals surface area (Å²) in [5.74, 6) is -0.896. The average Bonchev–Trinajstić information content (AvgIpc) is 2.66. The normalized spacial score (nSPS) is 21.2. The molecule has 0 radical (unpaired) electrons. The van der Waals surface area contributed by atoms with Crippen LogP contribution in [0.5, 0.6) is 0 Å². The summed E-state index contributed by atoms with van der Waals surface area (Å²) in [6.07, 6.45) is 3.40. The molecule has 1 atom stereocenters. The third-order valence-electron chi connectivity index (χ3n) is 5.08. The molecule has 0 unspecified atom stereocenters. The van der Waals surface area contributed by atoms with Crippen LogP contribution in [0.2, 0.25) is 0 Å². The Bertz CT molecular complexity index is 744. The van der Waals surface area contributed by atoms with Crippen LogP contribution in [0, 0.1) is 5.82 Å². The van der Waals surface area contributed by atoms with Gasteiger partial charge in [-0.3, -0.25) is 9.80 Å². The smallest absolute Gasteiger partial charge is 0.338 e. The molecule has 0 saturated carbocycles. The zero-order valence-electron chi connectivity index (χ0n) is 15.8. The highest BCUT2D eigenvalue weighted by molar-refractivity contribution is 5.95. The van der Waals surface area contributed by atoms with Crippen molar-refractivity contribution in [1.82, 2.24) is 15.1 Å². The van der Waals surface area contributed by atoms with E-state index in [4.69, 9.17) is 4.74 Å². The number of rotatable bonds is 5. The number of hydrogen-bond donors (Lipinski definition) is 1.